The van der Waals surface area contributed by atoms with Gasteiger partial charge in [0.25, 0.3) is 5.91 Å². The number of carbonyl (C=O) groups excluding carboxylic acids is 2. The number of amides is 2. The molecule has 2 aliphatic heterocycles. The molecule has 1 N–H and O–H groups in total. The largest absolute Gasteiger partial charge is 0.494 e. The van der Waals surface area contributed by atoms with Gasteiger partial charge in [0.2, 0.25) is 0 Å². The molecule has 1 aromatic rings. The number of hydrogen-bond acceptors (Lipinski definition) is 5. The highest BCUT2D eigenvalue weighted by Crippen LogP contribution is 2.36. The van der Waals surface area contributed by atoms with Crippen LogP contribution in [0.4, 0.5) is 4.79 Å². The van der Waals surface area contributed by atoms with Gasteiger partial charge in [0.05, 0.1) is 21.8 Å². The summed E-state index contributed by atoms with van der Waals surface area (Å²) in [6.45, 7) is 14.4. The van der Waals surface area contributed by atoms with E-state index >= 15 is 0 Å². The Hall–Kier alpha value is -1.77. The fourth-order valence-electron chi connectivity index (χ4n) is 3.47. The van der Waals surface area contributed by atoms with E-state index in [0.29, 0.717) is 30.1 Å². The van der Waals surface area contributed by atoms with Crippen molar-refractivity contribution in [1.82, 2.24) is 10.2 Å². The summed E-state index contributed by atoms with van der Waals surface area (Å²) in [5.41, 5.74) is -0.328. The topological polar surface area (TPSA) is 77.1 Å². The van der Waals surface area contributed by atoms with Crippen molar-refractivity contribution < 1.29 is 23.6 Å². The van der Waals surface area contributed by atoms with E-state index in [-0.39, 0.29) is 18.0 Å². The molecule has 0 aromatic heterocycles. The van der Waals surface area contributed by atoms with E-state index in [1.807, 2.05) is 48.5 Å². The molecule has 2 saturated heterocycles. The standard InChI is InChI=1S/C22H32BClN2O5/c1-20(2,3)29-19(28)26-11-10-15(13-26)25-18(27)16-9-8-14(12-17(16)24)23-30-21(4,5)22(6,7)31-23/h8-9,12,15H,10-11,13H2,1-7H3,(H,25,27). The van der Waals surface area contributed by atoms with Crippen LogP contribution in [0.1, 0.15) is 65.2 Å². The van der Waals surface area contributed by atoms with E-state index < -0.39 is 23.9 Å². The molecule has 0 spiro atoms. The van der Waals surface area contributed by atoms with Crippen LogP contribution < -0.4 is 10.8 Å². The molecule has 2 aliphatic rings. The fraction of sp³-hybridized carbons (Fsp3) is 0.636. The van der Waals surface area contributed by atoms with E-state index in [4.69, 9.17) is 25.6 Å². The average molecular weight is 451 g/mol. The zero-order valence-corrected chi connectivity index (χ0v) is 20.1. The molecule has 7 nitrogen and oxygen atoms in total. The Kier molecular flexibility index (Phi) is 6.40. The number of carbonyl (C=O) groups is 2. The molecule has 0 aliphatic carbocycles. The smallest absolute Gasteiger partial charge is 0.444 e. The molecule has 2 amide bonds. The van der Waals surface area contributed by atoms with Gasteiger partial charge in [-0.05, 0) is 72.5 Å². The number of hydrogen-bond donors (Lipinski definition) is 1. The maximum Gasteiger partial charge on any atom is 0.494 e. The second-order valence-corrected chi connectivity index (χ2v) is 10.6. The number of rotatable bonds is 3. The number of ether oxygens (including phenoxy) is 1. The van der Waals surface area contributed by atoms with Crippen LogP contribution in [-0.2, 0) is 14.0 Å². The predicted octanol–water partition coefficient (Wildman–Crippen LogP) is 3.38. The normalized spacial score (nSPS) is 22.5. The first-order chi connectivity index (χ1) is 14.2. The Morgan fingerprint density at radius 3 is 2.35 bits per heavy atom. The van der Waals surface area contributed by atoms with Crippen LogP contribution in [0.5, 0.6) is 0 Å². The first kappa shape index (κ1) is 23.9. The van der Waals surface area contributed by atoms with Crippen LogP contribution in [0.2, 0.25) is 5.02 Å². The lowest BCUT2D eigenvalue weighted by Crippen LogP contribution is -2.41. The summed E-state index contributed by atoms with van der Waals surface area (Å²) in [5.74, 6) is -0.276. The Morgan fingerprint density at radius 1 is 1.19 bits per heavy atom. The SMILES string of the molecule is CC(C)(C)OC(=O)N1CCC(NC(=O)c2ccc(B3OC(C)(C)C(C)(C)O3)cc2Cl)C1. The molecule has 1 aromatic carbocycles. The minimum absolute atomic E-state index is 0.154. The van der Waals surface area contributed by atoms with Crippen LogP contribution in [0.15, 0.2) is 18.2 Å². The molecular formula is C22H32BClN2O5. The van der Waals surface area contributed by atoms with Crippen molar-refractivity contribution in [1.29, 1.82) is 0 Å². The van der Waals surface area contributed by atoms with Crippen molar-refractivity contribution in [3.63, 3.8) is 0 Å². The molecular weight excluding hydrogens is 419 g/mol. The minimum Gasteiger partial charge on any atom is -0.444 e. The van der Waals surface area contributed by atoms with Gasteiger partial charge in [-0.1, -0.05) is 17.7 Å². The molecule has 1 atom stereocenters. The number of nitrogens with zero attached hydrogens (tertiary/aromatic N) is 1. The summed E-state index contributed by atoms with van der Waals surface area (Å²) in [7, 11) is -0.545. The summed E-state index contributed by atoms with van der Waals surface area (Å²) in [5, 5.41) is 3.29. The maximum absolute atomic E-state index is 12.8. The molecule has 2 heterocycles. The lowest BCUT2D eigenvalue weighted by molar-refractivity contribution is 0.00578. The van der Waals surface area contributed by atoms with Crippen LogP contribution in [0.3, 0.4) is 0 Å². The van der Waals surface area contributed by atoms with E-state index in [9.17, 15) is 9.59 Å². The predicted molar refractivity (Wildman–Crippen MR) is 121 cm³/mol. The average Bonchev–Trinajstić information content (AvgIpc) is 3.15. The lowest BCUT2D eigenvalue weighted by Gasteiger charge is -2.32. The fourth-order valence-corrected chi connectivity index (χ4v) is 3.75. The van der Waals surface area contributed by atoms with E-state index in [1.165, 1.54) is 0 Å². The third-order valence-corrected chi connectivity index (χ3v) is 6.25. The molecule has 170 valence electrons. The molecule has 1 unspecified atom stereocenters. The Bertz CT molecular complexity index is 852. The van der Waals surface area contributed by atoms with Gasteiger partial charge in [0, 0.05) is 19.1 Å². The maximum atomic E-state index is 12.8. The second kappa shape index (κ2) is 8.30. The molecule has 9 heteroatoms. The van der Waals surface area contributed by atoms with Gasteiger partial charge in [0.1, 0.15) is 5.60 Å². The minimum atomic E-state index is -0.551. The zero-order valence-electron chi connectivity index (χ0n) is 19.4. The van der Waals surface area contributed by atoms with Crippen LogP contribution in [-0.4, -0.2) is 60.0 Å². The number of nitrogens with one attached hydrogen (secondary N) is 1. The quantitative estimate of drug-likeness (QED) is 0.714. The van der Waals surface area contributed by atoms with Crippen molar-refractivity contribution in [2.45, 2.75) is 77.7 Å². The summed E-state index contributed by atoms with van der Waals surface area (Å²) in [6.07, 6.45) is 0.295. The molecule has 0 bridgehead atoms. The van der Waals surface area contributed by atoms with E-state index in [1.54, 1.807) is 23.1 Å². The summed E-state index contributed by atoms with van der Waals surface area (Å²) in [4.78, 5) is 26.6. The second-order valence-electron chi connectivity index (χ2n) is 10.2. The summed E-state index contributed by atoms with van der Waals surface area (Å²) >= 11 is 6.43. The van der Waals surface area contributed by atoms with Gasteiger partial charge in [-0.15, -0.1) is 0 Å². The van der Waals surface area contributed by atoms with Crippen molar-refractivity contribution in [3.05, 3.63) is 28.8 Å². The highest BCUT2D eigenvalue weighted by atomic mass is 35.5. The lowest BCUT2D eigenvalue weighted by atomic mass is 9.79. The van der Waals surface area contributed by atoms with Gasteiger partial charge < -0.3 is 24.3 Å². The Labute approximate surface area is 189 Å². The number of likely N-dealkylation sites (tertiary alicyclic amines) is 1. The van der Waals surface area contributed by atoms with Crippen molar-refractivity contribution in [3.8, 4) is 0 Å². The molecule has 0 radical (unpaired) electrons. The van der Waals surface area contributed by atoms with Crippen molar-refractivity contribution in [2.24, 2.45) is 0 Å². The van der Waals surface area contributed by atoms with Crippen LogP contribution in [0.25, 0.3) is 0 Å². The van der Waals surface area contributed by atoms with Gasteiger partial charge in [-0.2, -0.15) is 0 Å². The van der Waals surface area contributed by atoms with Crippen molar-refractivity contribution >= 4 is 36.2 Å². The van der Waals surface area contributed by atoms with Crippen LogP contribution in [0, 0.1) is 0 Å². The Balaban J connectivity index is 1.61. The third-order valence-electron chi connectivity index (χ3n) is 5.94. The van der Waals surface area contributed by atoms with Crippen LogP contribution >= 0.6 is 11.6 Å². The van der Waals surface area contributed by atoms with Gasteiger partial charge in [-0.25, -0.2) is 4.79 Å². The van der Waals surface area contributed by atoms with Crippen molar-refractivity contribution in [2.75, 3.05) is 13.1 Å². The molecule has 0 saturated carbocycles. The molecule has 2 fully saturated rings. The summed E-state index contributed by atoms with van der Waals surface area (Å²) < 4.78 is 17.5. The number of halogens is 1. The first-order valence-corrected chi connectivity index (χ1v) is 11.0. The van der Waals surface area contributed by atoms with E-state index in [0.717, 1.165) is 5.46 Å². The summed E-state index contributed by atoms with van der Waals surface area (Å²) in [6, 6.07) is 5.03. The first-order valence-electron chi connectivity index (χ1n) is 10.6. The monoisotopic (exact) mass is 450 g/mol. The highest BCUT2D eigenvalue weighted by molar-refractivity contribution is 6.62. The van der Waals surface area contributed by atoms with Gasteiger partial charge in [-0.3, -0.25) is 4.79 Å². The molecule has 3 rings (SSSR count). The third kappa shape index (κ3) is 5.36. The van der Waals surface area contributed by atoms with Gasteiger partial charge >= 0.3 is 13.2 Å². The van der Waals surface area contributed by atoms with E-state index in [2.05, 4.69) is 5.32 Å². The Morgan fingerprint density at radius 2 is 1.81 bits per heavy atom. The number of benzene rings is 1. The zero-order chi connectivity index (χ0) is 23.2. The molecule has 31 heavy (non-hydrogen) atoms. The van der Waals surface area contributed by atoms with Gasteiger partial charge in [0.15, 0.2) is 0 Å². The highest BCUT2D eigenvalue weighted by Gasteiger charge is 2.51.